The Balaban J connectivity index is 1.47. The number of morpholine rings is 1. The van der Waals surface area contributed by atoms with Gasteiger partial charge in [0, 0.05) is 28.7 Å². The Labute approximate surface area is 229 Å². The van der Waals surface area contributed by atoms with E-state index in [4.69, 9.17) is 38.4 Å². The van der Waals surface area contributed by atoms with E-state index in [0.29, 0.717) is 65.6 Å². The fourth-order valence-electron chi connectivity index (χ4n) is 4.69. The largest absolute Gasteiger partial charge is 0.494 e. The normalized spacial score (nSPS) is 20.5. The molecule has 198 valence electrons. The summed E-state index contributed by atoms with van der Waals surface area (Å²) >= 11 is 12.9. The third kappa shape index (κ3) is 5.08. The number of primary amides is 1. The van der Waals surface area contributed by atoms with Gasteiger partial charge in [-0.1, -0.05) is 29.3 Å². The minimum atomic E-state index is -0.884. The van der Waals surface area contributed by atoms with E-state index in [1.54, 1.807) is 58.7 Å². The molecule has 0 saturated carbocycles. The molecule has 1 fully saturated rings. The summed E-state index contributed by atoms with van der Waals surface area (Å²) in [5, 5.41) is 2.68. The van der Waals surface area contributed by atoms with Crippen molar-refractivity contribution in [2.45, 2.75) is 12.5 Å². The highest BCUT2D eigenvalue weighted by Crippen LogP contribution is 2.30. The molecule has 10 nitrogen and oxygen atoms in total. The summed E-state index contributed by atoms with van der Waals surface area (Å²) in [5.41, 5.74) is 11.7. The third-order valence-electron chi connectivity index (χ3n) is 6.60. The van der Waals surface area contributed by atoms with Crippen LogP contribution in [0.4, 0.5) is 5.69 Å². The molecule has 4 N–H and O–H groups in total. The quantitative estimate of drug-likeness (QED) is 0.478. The average molecular weight is 558 g/mol. The van der Waals surface area contributed by atoms with Crippen molar-refractivity contribution in [1.29, 1.82) is 0 Å². The van der Waals surface area contributed by atoms with Crippen molar-refractivity contribution in [2.75, 3.05) is 38.8 Å². The number of carbonyl (C=O) groups excluding carboxylic acids is 2. The number of hydrazine groups is 1. The van der Waals surface area contributed by atoms with Crippen molar-refractivity contribution in [3.63, 3.8) is 0 Å². The van der Waals surface area contributed by atoms with Crippen LogP contribution in [-0.4, -0.2) is 67.0 Å². The van der Waals surface area contributed by atoms with E-state index in [-0.39, 0.29) is 5.91 Å². The van der Waals surface area contributed by atoms with Crippen LogP contribution < -0.4 is 20.8 Å². The number of rotatable bonds is 7. The van der Waals surface area contributed by atoms with E-state index in [1.807, 2.05) is 6.20 Å². The Morgan fingerprint density at radius 2 is 1.95 bits per heavy atom. The summed E-state index contributed by atoms with van der Waals surface area (Å²) in [7, 11) is 1.52. The second kappa shape index (κ2) is 11.0. The van der Waals surface area contributed by atoms with Crippen LogP contribution in [-0.2, 0) is 16.0 Å². The maximum atomic E-state index is 13.0. The van der Waals surface area contributed by atoms with Crippen molar-refractivity contribution in [2.24, 2.45) is 10.7 Å². The van der Waals surface area contributed by atoms with Gasteiger partial charge in [-0.05, 0) is 35.9 Å². The molecule has 3 heterocycles. The predicted octanol–water partition coefficient (Wildman–Crippen LogP) is 1.82. The lowest BCUT2D eigenvalue weighted by Crippen LogP contribution is -3.11. The third-order valence-corrected chi connectivity index (χ3v) is 7.31. The summed E-state index contributed by atoms with van der Waals surface area (Å²) in [6, 6.07) is 9.58. The molecular formula is C26H27Cl2N6O4+. The van der Waals surface area contributed by atoms with Gasteiger partial charge in [0.05, 0.1) is 44.8 Å². The Morgan fingerprint density at radius 1 is 1.21 bits per heavy atom. The number of aliphatic imine (C=N–C) groups is 1. The first kappa shape index (κ1) is 26.1. The highest BCUT2D eigenvalue weighted by Gasteiger charge is 2.43. The Kier molecular flexibility index (Phi) is 7.57. The van der Waals surface area contributed by atoms with Gasteiger partial charge in [-0.25, -0.2) is 9.89 Å². The molecule has 38 heavy (non-hydrogen) atoms. The first-order valence-corrected chi connectivity index (χ1v) is 12.8. The molecule has 2 aromatic carbocycles. The molecule has 2 amide bonds. The number of anilines is 1. The van der Waals surface area contributed by atoms with Gasteiger partial charge in [-0.15, -0.1) is 0 Å². The van der Waals surface area contributed by atoms with Crippen LogP contribution in [0, 0.1) is 0 Å². The highest BCUT2D eigenvalue weighted by atomic mass is 35.5. The first-order valence-electron chi connectivity index (χ1n) is 12.0. The number of nitrogens with zero attached hydrogens (tertiary/aromatic N) is 3. The van der Waals surface area contributed by atoms with E-state index in [9.17, 15) is 9.59 Å². The Morgan fingerprint density at radius 3 is 2.63 bits per heavy atom. The van der Waals surface area contributed by atoms with E-state index in [1.165, 1.54) is 7.11 Å². The number of amidine groups is 1. The molecular weight excluding hydrogens is 531 g/mol. The van der Waals surface area contributed by atoms with Gasteiger partial charge in [-0.3, -0.25) is 20.0 Å². The van der Waals surface area contributed by atoms with Gasteiger partial charge in [0.2, 0.25) is 11.9 Å². The molecule has 1 saturated heterocycles. The number of carbonyl (C=O) groups is 2. The molecule has 0 bridgehead atoms. The molecule has 2 aromatic rings. The number of amides is 2. The lowest BCUT2D eigenvalue weighted by atomic mass is 10.1. The van der Waals surface area contributed by atoms with Crippen LogP contribution in [0.25, 0.3) is 0 Å². The molecule has 0 aliphatic carbocycles. The number of quaternary nitrogens is 1. The summed E-state index contributed by atoms with van der Waals surface area (Å²) in [4.78, 5) is 32.6. The van der Waals surface area contributed by atoms with Crippen molar-refractivity contribution >= 4 is 46.5 Å². The SMILES string of the molecule is COc1cc(C(=O)N2CCOCC2)ccc1NN1C=C(Cc2c(Cl)cccc2Cl)[NH+]2C=CN=C2C1C(N)=O. The number of halogens is 2. The van der Waals surface area contributed by atoms with Gasteiger partial charge >= 0.3 is 0 Å². The van der Waals surface area contributed by atoms with Crippen LogP contribution in [0.1, 0.15) is 15.9 Å². The Hall–Kier alpha value is -3.57. The van der Waals surface area contributed by atoms with Crippen LogP contribution >= 0.6 is 23.2 Å². The van der Waals surface area contributed by atoms with Crippen LogP contribution in [0.15, 0.2) is 65.7 Å². The molecule has 0 radical (unpaired) electrons. The Bertz CT molecular complexity index is 1330. The standard InChI is InChI=1S/C26H26Cl2N6O4/c1-37-22-13-16(26(36)32-9-11-38-12-10-32)5-6-21(22)31-34-15-17(14-18-19(27)3-2-4-20(18)28)33-8-7-30-25(33)23(34)24(29)35/h2-8,13,15,23,31H,9-12,14H2,1H3,(H2,29,35)/p+1. The van der Waals surface area contributed by atoms with Crippen LogP contribution in [0.3, 0.4) is 0 Å². The number of ether oxygens (including phenoxy) is 2. The van der Waals surface area contributed by atoms with E-state index in [0.717, 1.165) is 16.2 Å². The number of hydrogen-bond donors (Lipinski definition) is 3. The molecule has 2 atom stereocenters. The molecule has 3 aliphatic rings. The summed E-state index contributed by atoms with van der Waals surface area (Å²) < 4.78 is 10.9. The molecule has 3 aliphatic heterocycles. The summed E-state index contributed by atoms with van der Waals surface area (Å²) in [6.07, 6.45) is 5.68. The molecule has 2 unspecified atom stereocenters. The maximum absolute atomic E-state index is 13.0. The molecule has 0 aromatic heterocycles. The highest BCUT2D eigenvalue weighted by molar-refractivity contribution is 6.36. The fourth-order valence-corrected chi connectivity index (χ4v) is 5.22. The number of nitrogens with two attached hydrogens (primary N) is 1. The van der Waals surface area contributed by atoms with Crippen LogP contribution in [0.2, 0.25) is 10.0 Å². The van der Waals surface area contributed by atoms with Crippen molar-refractivity contribution in [1.82, 2.24) is 9.91 Å². The minimum Gasteiger partial charge on any atom is -0.494 e. The number of hydrogen-bond acceptors (Lipinski definition) is 7. The molecule has 5 rings (SSSR count). The zero-order valence-corrected chi connectivity index (χ0v) is 22.1. The number of allylic oxidation sites excluding steroid dienone is 1. The van der Waals surface area contributed by atoms with Crippen LogP contribution in [0.5, 0.6) is 5.75 Å². The lowest BCUT2D eigenvalue weighted by molar-refractivity contribution is -0.704. The molecule has 0 spiro atoms. The van der Waals surface area contributed by atoms with Crippen molar-refractivity contribution in [3.05, 3.63) is 81.9 Å². The second-order valence-electron chi connectivity index (χ2n) is 8.92. The number of nitrogens with one attached hydrogen (secondary N) is 2. The van der Waals surface area contributed by atoms with Gasteiger partial charge in [0.15, 0.2) is 0 Å². The zero-order chi connectivity index (χ0) is 26.8. The second-order valence-corrected chi connectivity index (χ2v) is 9.73. The van der Waals surface area contributed by atoms with Crippen molar-refractivity contribution < 1.29 is 24.0 Å². The smallest absolute Gasteiger partial charge is 0.254 e. The molecule has 12 heteroatoms. The average Bonchev–Trinajstić information content (AvgIpc) is 3.40. The zero-order valence-electron chi connectivity index (χ0n) is 20.6. The number of fused-ring (bicyclic) bond motifs is 1. The van der Waals surface area contributed by atoms with Gasteiger partial charge < -0.3 is 20.1 Å². The monoisotopic (exact) mass is 557 g/mol. The van der Waals surface area contributed by atoms with E-state index in [2.05, 4.69) is 10.4 Å². The van der Waals surface area contributed by atoms with E-state index < -0.39 is 11.9 Å². The number of benzene rings is 2. The van der Waals surface area contributed by atoms with Gasteiger partial charge in [-0.2, -0.15) is 0 Å². The lowest BCUT2D eigenvalue weighted by Gasteiger charge is -2.35. The first-order chi connectivity index (χ1) is 18.4. The minimum absolute atomic E-state index is 0.101. The van der Waals surface area contributed by atoms with Gasteiger partial charge in [0.25, 0.3) is 11.8 Å². The van der Waals surface area contributed by atoms with E-state index >= 15 is 0 Å². The maximum Gasteiger partial charge on any atom is 0.254 e. The summed E-state index contributed by atoms with van der Waals surface area (Å²) in [5.74, 6) is 0.263. The predicted molar refractivity (Wildman–Crippen MR) is 144 cm³/mol. The number of methoxy groups -OCH3 is 1. The van der Waals surface area contributed by atoms with Gasteiger partial charge in [0.1, 0.15) is 17.6 Å². The summed E-state index contributed by atoms with van der Waals surface area (Å²) in [6.45, 7) is 2.09. The topological polar surface area (TPSA) is 114 Å². The van der Waals surface area contributed by atoms with Crippen molar-refractivity contribution in [3.8, 4) is 5.75 Å². The fraction of sp³-hybridized carbons (Fsp3) is 0.269.